The van der Waals surface area contributed by atoms with Gasteiger partial charge in [0.2, 0.25) is 5.95 Å². The first-order valence-electron chi connectivity index (χ1n) is 7.87. The Hall–Kier alpha value is -1.62. The minimum Gasteiger partial charge on any atom is -0.351 e. The molecule has 0 bridgehead atoms. The molecule has 0 unspecified atom stereocenters. The maximum atomic E-state index is 4.69. The fourth-order valence-electron chi connectivity index (χ4n) is 2.47. The maximum Gasteiger partial charge on any atom is 0.225 e. The summed E-state index contributed by atoms with van der Waals surface area (Å²) in [6.45, 7) is 2.10. The molecule has 1 aromatic carbocycles. The first-order chi connectivity index (χ1) is 10.7. The van der Waals surface area contributed by atoms with Gasteiger partial charge in [0.25, 0.3) is 0 Å². The van der Waals surface area contributed by atoms with E-state index in [0.717, 1.165) is 27.6 Å². The number of anilines is 3. The molecule has 2 aliphatic carbocycles. The molecular weight excluding hydrogens is 340 g/mol. The number of rotatable bonds is 5. The first-order valence-corrected chi connectivity index (χ1v) is 8.66. The molecule has 1 aromatic heterocycles. The van der Waals surface area contributed by atoms with E-state index in [4.69, 9.17) is 0 Å². The summed E-state index contributed by atoms with van der Waals surface area (Å²) >= 11 is 3.58. The summed E-state index contributed by atoms with van der Waals surface area (Å²) in [5.41, 5.74) is 3.42. The molecule has 1 heterocycles. The topological polar surface area (TPSA) is 49.8 Å². The average molecular weight is 359 g/mol. The van der Waals surface area contributed by atoms with Crippen LogP contribution in [0, 0.1) is 6.92 Å². The minimum absolute atomic E-state index is 0.565. The van der Waals surface area contributed by atoms with Crippen molar-refractivity contribution >= 4 is 33.4 Å². The molecule has 0 atom stereocenters. The maximum absolute atomic E-state index is 4.69. The summed E-state index contributed by atoms with van der Waals surface area (Å²) < 4.78 is 1.10. The Kier molecular flexibility index (Phi) is 3.53. The Labute approximate surface area is 138 Å². The van der Waals surface area contributed by atoms with Crippen molar-refractivity contribution in [1.82, 2.24) is 9.97 Å². The van der Waals surface area contributed by atoms with Gasteiger partial charge in [-0.15, -0.1) is 0 Å². The third-order valence-corrected chi connectivity index (χ3v) is 5.04. The second-order valence-electron chi connectivity index (χ2n) is 6.23. The van der Waals surface area contributed by atoms with E-state index < -0.39 is 0 Å². The number of hydrogen-bond donors (Lipinski definition) is 2. The Morgan fingerprint density at radius 2 is 1.95 bits per heavy atom. The Balaban J connectivity index is 1.64. The third-order valence-electron chi connectivity index (χ3n) is 4.18. The molecule has 4 nitrogen and oxygen atoms in total. The highest BCUT2D eigenvalue weighted by atomic mass is 79.9. The third kappa shape index (κ3) is 3.09. The molecule has 2 aromatic rings. The zero-order valence-corrected chi connectivity index (χ0v) is 14.2. The van der Waals surface area contributed by atoms with Crippen molar-refractivity contribution in [2.75, 3.05) is 10.6 Å². The van der Waals surface area contributed by atoms with E-state index in [-0.39, 0.29) is 0 Å². The van der Waals surface area contributed by atoms with Crippen molar-refractivity contribution in [3.63, 3.8) is 0 Å². The van der Waals surface area contributed by atoms with E-state index >= 15 is 0 Å². The second-order valence-corrected chi connectivity index (χ2v) is 7.09. The van der Waals surface area contributed by atoms with Crippen LogP contribution in [-0.4, -0.2) is 16.0 Å². The highest BCUT2D eigenvalue weighted by Crippen LogP contribution is 2.40. The predicted octanol–water partition coefficient (Wildman–Crippen LogP) is 4.74. The number of hydrogen-bond acceptors (Lipinski definition) is 4. The van der Waals surface area contributed by atoms with Crippen LogP contribution in [0.2, 0.25) is 0 Å². The molecule has 0 saturated heterocycles. The van der Waals surface area contributed by atoms with E-state index in [1.54, 1.807) is 0 Å². The van der Waals surface area contributed by atoms with Gasteiger partial charge in [-0.05, 0) is 50.3 Å². The van der Waals surface area contributed by atoms with Crippen LogP contribution in [0.4, 0.5) is 17.5 Å². The molecule has 0 spiro atoms. The van der Waals surface area contributed by atoms with Crippen LogP contribution in [0.1, 0.15) is 42.9 Å². The van der Waals surface area contributed by atoms with Crippen LogP contribution in [-0.2, 0) is 0 Å². The molecule has 4 rings (SSSR count). The summed E-state index contributed by atoms with van der Waals surface area (Å²) in [6, 6.07) is 8.82. The molecule has 5 heteroatoms. The molecule has 0 aliphatic heterocycles. The summed E-state index contributed by atoms with van der Waals surface area (Å²) in [7, 11) is 0. The van der Waals surface area contributed by atoms with Crippen LogP contribution in [0.25, 0.3) is 0 Å². The average Bonchev–Trinajstić information content (AvgIpc) is 3.36. The monoisotopic (exact) mass is 358 g/mol. The lowest BCUT2D eigenvalue weighted by molar-refractivity contribution is 0.968. The molecule has 114 valence electrons. The van der Waals surface area contributed by atoms with Crippen LogP contribution in [0.15, 0.2) is 28.7 Å². The van der Waals surface area contributed by atoms with Gasteiger partial charge in [0.05, 0.1) is 5.69 Å². The van der Waals surface area contributed by atoms with Gasteiger partial charge in [0.15, 0.2) is 0 Å². The van der Waals surface area contributed by atoms with Crippen LogP contribution >= 0.6 is 15.9 Å². The normalized spacial score (nSPS) is 17.4. The summed E-state index contributed by atoms with van der Waals surface area (Å²) in [5, 5.41) is 6.87. The van der Waals surface area contributed by atoms with Crippen LogP contribution in [0.5, 0.6) is 0 Å². The van der Waals surface area contributed by atoms with E-state index in [1.165, 1.54) is 31.2 Å². The molecule has 2 aliphatic rings. The summed E-state index contributed by atoms with van der Waals surface area (Å²) in [5.74, 6) is 2.26. The smallest absolute Gasteiger partial charge is 0.225 e. The molecule has 0 radical (unpaired) electrons. The number of halogens is 1. The van der Waals surface area contributed by atoms with Gasteiger partial charge in [-0.25, -0.2) is 4.98 Å². The molecule has 2 saturated carbocycles. The van der Waals surface area contributed by atoms with Gasteiger partial charge >= 0.3 is 0 Å². The number of nitrogens with one attached hydrogen (secondary N) is 2. The minimum atomic E-state index is 0.565. The van der Waals surface area contributed by atoms with Crippen molar-refractivity contribution in [3.8, 4) is 0 Å². The van der Waals surface area contributed by atoms with E-state index in [2.05, 4.69) is 61.7 Å². The Morgan fingerprint density at radius 1 is 1.14 bits per heavy atom. The van der Waals surface area contributed by atoms with Crippen molar-refractivity contribution in [3.05, 3.63) is 40.0 Å². The summed E-state index contributed by atoms with van der Waals surface area (Å²) in [6.07, 6.45) is 4.94. The van der Waals surface area contributed by atoms with Gasteiger partial charge in [-0.2, -0.15) is 4.98 Å². The zero-order valence-electron chi connectivity index (χ0n) is 12.6. The lowest BCUT2D eigenvalue weighted by Crippen LogP contribution is -2.08. The molecule has 2 N–H and O–H groups in total. The Morgan fingerprint density at radius 3 is 2.68 bits per heavy atom. The van der Waals surface area contributed by atoms with Crippen LogP contribution in [0.3, 0.4) is 0 Å². The lowest BCUT2D eigenvalue weighted by atomic mass is 10.2. The van der Waals surface area contributed by atoms with Gasteiger partial charge < -0.3 is 10.6 Å². The standard InChI is InChI=1S/C17H19BrN4/c1-10-13(18)3-2-4-14(10)20-16-9-15(11-5-6-11)21-17(22-16)19-12-7-8-12/h2-4,9,11-12H,5-8H2,1H3,(H2,19,20,21,22). The van der Waals surface area contributed by atoms with Crippen molar-refractivity contribution in [1.29, 1.82) is 0 Å². The van der Waals surface area contributed by atoms with Gasteiger partial charge in [-0.1, -0.05) is 22.0 Å². The fraction of sp³-hybridized carbons (Fsp3) is 0.412. The molecular formula is C17H19BrN4. The molecule has 22 heavy (non-hydrogen) atoms. The molecule has 0 amide bonds. The van der Waals surface area contributed by atoms with E-state index in [0.29, 0.717) is 12.0 Å². The quantitative estimate of drug-likeness (QED) is 0.809. The van der Waals surface area contributed by atoms with Crippen molar-refractivity contribution in [2.45, 2.75) is 44.6 Å². The number of aromatic nitrogens is 2. The van der Waals surface area contributed by atoms with Gasteiger partial charge in [0.1, 0.15) is 5.82 Å². The number of benzene rings is 1. The Bertz CT molecular complexity index is 708. The SMILES string of the molecule is Cc1c(Br)cccc1Nc1cc(C2CC2)nc(NC2CC2)n1. The number of nitrogens with zero attached hydrogens (tertiary/aromatic N) is 2. The van der Waals surface area contributed by atoms with Crippen molar-refractivity contribution in [2.24, 2.45) is 0 Å². The summed E-state index contributed by atoms with van der Waals surface area (Å²) in [4.78, 5) is 9.33. The molecule has 2 fully saturated rings. The first kappa shape index (κ1) is 14.0. The highest BCUT2D eigenvalue weighted by Gasteiger charge is 2.28. The van der Waals surface area contributed by atoms with Crippen LogP contribution < -0.4 is 10.6 Å². The largest absolute Gasteiger partial charge is 0.351 e. The lowest BCUT2D eigenvalue weighted by Gasteiger charge is -2.13. The van der Waals surface area contributed by atoms with E-state index in [1.807, 2.05) is 6.07 Å². The van der Waals surface area contributed by atoms with Gasteiger partial charge in [-0.3, -0.25) is 0 Å². The van der Waals surface area contributed by atoms with Gasteiger partial charge in [0, 0.05) is 28.2 Å². The fourth-order valence-corrected chi connectivity index (χ4v) is 2.84. The van der Waals surface area contributed by atoms with E-state index in [9.17, 15) is 0 Å². The zero-order chi connectivity index (χ0) is 15.1. The second kappa shape index (κ2) is 5.54. The van der Waals surface area contributed by atoms with Crippen molar-refractivity contribution < 1.29 is 0 Å². The highest BCUT2D eigenvalue weighted by molar-refractivity contribution is 9.10. The predicted molar refractivity (Wildman–Crippen MR) is 92.8 cm³/mol.